The van der Waals surface area contributed by atoms with Crippen LogP contribution >= 0.6 is 0 Å². The Morgan fingerprint density at radius 2 is 1.42 bits per heavy atom. The molecule has 166 valence electrons. The number of hydrogen-bond donors (Lipinski definition) is 1. The van der Waals surface area contributed by atoms with Gasteiger partial charge in [0.25, 0.3) is 5.91 Å². The fourth-order valence-corrected chi connectivity index (χ4v) is 3.67. The fourth-order valence-electron chi connectivity index (χ4n) is 3.67. The summed E-state index contributed by atoms with van der Waals surface area (Å²) in [5.74, 6) is -0.592. The van der Waals surface area contributed by atoms with E-state index < -0.39 is 11.1 Å². The number of aromatic nitrogens is 2. The second kappa shape index (κ2) is 9.48. The lowest BCUT2D eigenvalue weighted by molar-refractivity contribution is 0.0951. The molecule has 1 heterocycles. The van der Waals surface area contributed by atoms with Gasteiger partial charge in [-0.1, -0.05) is 42.5 Å². The van der Waals surface area contributed by atoms with E-state index in [9.17, 15) is 18.8 Å². The van der Waals surface area contributed by atoms with E-state index in [1.165, 1.54) is 21.3 Å². The molecule has 0 bridgehead atoms. The topological polar surface area (TPSA) is 73.1 Å². The van der Waals surface area contributed by atoms with Crippen molar-refractivity contribution in [3.8, 4) is 0 Å². The number of halogens is 1. The van der Waals surface area contributed by atoms with E-state index in [1.54, 1.807) is 54.6 Å². The highest BCUT2D eigenvalue weighted by molar-refractivity contribution is 5.94. The molecule has 4 rings (SSSR count). The zero-order valence-corrected chi connectivity index (χ0v) is 17.8. The van der Waals surface area contributed by atoms with E-state index in [0.29, 0.717) is 16.6 Å². The third-order valence-corrected chi connectivity index (χ3v) is 5.37. The van der Waals surface area contributed by atoms with Gasteiger partial charge in [-0.2, -0.15) is 0 Å². The number of para-hydroxylation sites is 2. The molecule has 0 unspecified atom stereocenters. The molecule has 0 saturated heterocycles. The van der Waals surface area contributed by atoms with Crippen LogP contribution in [0.25, 0.3) is 11.0 Å². The van der Waals surface area contributed by atoms with Crippen molar-refractivity contribution in [2.75, 3.05) is 0 Å². The fraction of sp³-hybridized carbons (Fsp3) is 0.115. The summed E-state index contributed by atoms with van der Waals surface area (Å²) in [7, 11) is 0. The molecule has 0 aliphatic carbocycles. The number of nitrogens with one attached hydrogen (secondary N) is 1. The summed E-state index contributed by atoms with van der Waals surface area (Å²) in [4.78, 5) is 37.9. The Balaban J connectivity index is 1.55. The van der Waals surface area contributed by atoms with Gasteiger partial charge in [-0.3, -0.25) is 23.5 Å². The summed E-state index contributed by atoms with van der Waals surface area (Å²) in [6.45, 7) is 4.39. The van der Waals surface area contributed by atoms with Crippen LogP contribution in [0.5, 0.6) is 0 Å². The van der Waals surface area contributed by atoms with Crippen molar-refractivity contribution < 1.29 is 9.18 Å². The lowest BCUT2D eigenvalue weighted by Crippen LogP contribution is -2.41. The summed E-state index contributed by atoms with van der Waals surface area (Å²) in [5, 5.41) is 2.79. The van der Waals surface area contributed by atoms with Crippen molar-refractivity contribution in [1.82, 2.24) is 14.5 Å². The lowest BCUT2D eigenvalue weighted by atomic mass is 10.1. The molecule has 0 radical (unpaired) electrons. The highest BCUT2D eigenvalue weighted by atomic mass is 19.1. The third-order valence-electron chi connectivity index (χ3n) is 5.37. The van der Waals surface area contributed by atoms with E-state index in [0.717, 1.165) is 11.1 Å². The highest BCUT2D eigenvalue weighted by Gasteiger charge is 2.13. The first-order valence-electron chi connectivity index (χ1n) is 10.4. The van der Waals surface area contributed by atoms with Crippen LogP contribution in [0, 0.1) is 5.82 Å². The van der Waals surface area contributed by atoms with Crippen molar-refractivity contribution >= 4 is 16.9 Å². The molecule has 0 saturated carbocycles. The van der Waals surface area contributed by atoms with Gasteiger partial charge >= 0.3 is 11.1 Å². The Morgan fingerprint density at radius 3 is 2.06 bits per heavy atom. The average Bonchev–Trinajstić information content (AvgIpc) is 2.84. The molecule has 1 aromatic heterocycles. The Morgan fingerprint density at radius 1 is 0.848 bits per heavy atom. The Bertz CT molecular complexity index is 1440. The van der Waals surface area contributed by atoms with Crippen molar-refractivity contribution in [3.63, 3.8) is 0 Å². The predicted molar refractivity (Wildman–Crippen MR) is 126 cm³/mol. The van der Waals surface area contributed by atoms with Crippen molar-refractivity contribution in [1.29, 1.82) is 0 Å². The Kier molecular flexibility index (Phi) is 6.31. The number of allylic oxidation sites excluding steroid dienone is 1. The van der Waals surface area contributed by atoms with Gasteiger partial charge < -0.3 is 5.32 Å². The van der Waals surface area contributed by atoms with Gasteiger partial charge in [-0.25, -0.2) is 4.39 Å². The van der Waals surface area contributed by atoms with Crippen LogP contribution in [-0.4, -0.2) is 15.0 Å². The highest BCUT2D eigenvalue weighted by Crippen LogP contribution is 2.13. The van der Waals surface area contributed by atoms with E-state index >= 15 is 0 Å². The minimum absolute atomic E-state index is 0.195. The Hall–Kier alpha value is -4.26. The maximum Gasteiger partial charge on any atom is 0.317 e. The molecule has 0 aliphatic rings. The van der Waals surface area contributed by atoms with Gasteiger partial charge in [0, 0.05) is 18.7 Å². The first-order valence-corrected chi connectivity index (χ1v) is 10.4. The molecule has 1 N–H and O–H groups in total. The molecule has 7 heteroatoms. The molecule has 4 aromatic rings. The zero-order valence-electron chi connectivity index (χ0n) is 17.8. The first-order chi connectivity index (χ1) is 16.0. The van der Waals surface area contributed by atoms with Gasteiger partial charge in [-0.05, 0) is 47.5 Å². The van der Waals surface area contributed by atoms with Crippen molar-refractivity contribution in [2.45, 2.75) is 19.6 Å². The van der Waals surface area contributed by atoms with E-state index in [4.69, 9.17) is 0 Å². The number of rotatable bonds is 7. The normalized spacial score (nSPS) is 10.8. The van der Waals surface area contributed by atoms with Crippen LogP contribution in [-0.2, 0) is 19.6 Å². The van der Waals surface area contributed by atoms with Crippen molar-refractivity contribution in [2.24, 2.45) is 0 Å². The van der Waals surface area contributed by atoms with Crippen LogP contribution < -0.4 is 16.4 Å². The van der Waals surface area contributed by atoms with Crippen molar-refractivity contribution in [3.05, 3.63) is 129 Å². The minimum atomic E-state index is -0.614. The van der Waals surface area contributed by atoms with Crippen LogP contribution in [0.3, 0.4) is 0 Å². The number of fused-ring (bicyclic) bond motifs is 1. The lowest BCUT2D eigenvalue weighted by Gasteiger charge is -2.14. The number of nitrogens with zero attached hydrogens (tertiary/aromatic N) is 2. The molecular formula is C26H22FN3O3. The summed E-state index contributed by atoms with van der Waals surface area (Å²) < 4.78 is 15.9. The molecule has 0 aliphatic heterocycles. The van der Waals surface area contributed by atoms with E-state index in [-0.39, 0.29) is 31.4 Å². The minimum Gasteiger partial charge on any atom is -0.348 e. The molecule has 0 atom stereocenters. The monoisotopic (exact) mass is 443 g/mol. The molecule has 0 fully saturated rings. The van der Waals surface area contributed by atoms with Crippen LogP contribution in [0.15, 0.2) is 95.0 Å². The second-order valence-corrected chi connectivity index (χ2v) is 7.59. The molecular weight excluding hydrogens is 421 g/mol. The quantitative estimate of drug-likeness (QED) is 0.351. The standard InChI is InChI=1S/C26H22FN3O3/c1-2-15-29-22-5-3-4-6-23(22)30(26(33)25(29)32)17-19-7-11-20(12-8-19)24(31)28-16-18-9-13-21(27)14-10-18/h2-14H,1,15-17H2,(H,28,31). The SMILES string of the molecule is C=CCn1c(=O)c(=O)n(Cc2ccc(C(=O)NCc3ccc(F)cc3)cc2)c2ccccc21. The number of hydrogen-bond acceptors (Lipinski definition) is 3. The summed E-state index contributed by atoms with van der Waals surface area (Å²) in [6.07, 6.45) is 1.58. The maximum absolute atomic E-state index is 13.0. The van der Waals surface area contributed by atoms with Gasteiger partial charge in [0.15, 0.2) is 0 Å². The molecule has 0 spiro atoms. The second-order valence-electron chi connectivity index (χ2n) is 7.59. The summed E-state index contributed by atoms with van der Waals surface area (Å²) in [5.41, 5.74) is 2.10. The third kappa shape index (κ3) is 4.67. The molecule has 1 amide bonds. The van der Waals surface area contributed by atoms with Gasteiger partial charge in [0.2, 0.25) is 0 Å². The summed E-state index contributed by atoms with van der Waals surface area (Å²) >= 11 is 0. The van der Waals surface area contributed by atoms with Gasteiger partial charge in [0.1, 0.15) is 5.82 Å². The predicted octanol–water partition coefficient (Wildman–Crippen LogP) is 3.47. The van der Waals surface area contributed by atoms with Gasteiger partial charge in [-0.15, -0.1) is 6.58 Å². The van der Waals surface area contributed by atoms with E-state index in [2.05, 4.69) is 11.9 Å². The van der Waals surface area contributed by atoms with Gasteiger partial charge in [0.05, 0.1) is 17.6 Å². The summed E-state index contributed by atoms with van der Waals surface area (Å²) in [6, 6.07) is 20.0. The van der Waals surface area contributed by atoms with Crippen LogP contribution in [0.4, 0.5) is 4.39 Å². The number of carbonyl (C=O) groups excluding carboxylic acids is 1. The Labute approximate surface area is 189 Å². The number of carbonyl (C=O) groups is 1. The largest absolute Gasteiger partial charge is 0.348 e. The first kappa shape index (κ1) is 22.0. The number of amides is 1. The van der Waals surface area contributed by atoms with Crippen LogP contribution in [0.2, 0.25) is 0 Å². The number of benzene rings is 3. The van der Waals surface area contributed by atoms with E-state index in [1.807, 2.05) is 12.1 Å². The van der Waals surface area contributed by atoms with Crippen LogP contribution in [0.1, 0.15) is 21.5 Å². The zero-order chi connectivity index (χ0) is 23.4. The molecule has 33 heavy (non-hydrogen) atoms. The smallest absolute Gasteiger partial charge is 0.317 e. The maximum atomic E-state index is 13.0. The molecule has 6 nitrogen and oxygen atoms in total. The molecule has 3 aromatic carbocycles. The average molecular weight is 443 g/mol.